The first-order valence-electron chi connectivity index (χ1n) is 10.7. The van der Waals surface area contributed by atoms with Crippen LogP contribution < -0.4 is 10.1 Å². The fraction of sp³-hybridized carbons (Fsp3) is 0.0370. The lowest BCUT2D eigenvalue weighted by atomic mass is 10.1. The number of hydrogen-bond acceptors (Lipinski definition) is 4. The molecule has 9 heteroatoms. The van der Waals surface area contributed by atoms with E-state index in [2.05, 4.69) is 50.5 Å². The number of amidine groups is 1. The number of thioether (sulfide) groups is 1. The highest BCUT2D eigenvalue weighted by molar-refractivity contribution is 9.10. The average Bonchev–Trinajstić information content (AvgIpc) is 3.19. The van der Waals surface area contributed by atoms with Gasteiger partial charge in [0.2, 0.25) is 0 Å². The summed E-state index contributed by atoms with van der Waals surface area (Å²) in [6, 6.07) is 23.1. The quantitative estimate of drug-likeness (QED) is 0.227. The van der Waals surface area contributed by atoms with Crippen molar-refractivity contribution in [2.24, 2.45) is 4.99 Å². The molecule has 1 N–H and O–H groups in total. The van der Waals surface area contributed by atoms with Gasteiger partial charge in [-0.1, -0.05) is 77.3 Å². The molecule has 1 heterocycles. The largest absolute Gasteiger partial charge is 0.486 e. The first kappa shape index (κ1) is 25.2. The maximum atomic E-state index is 12.5. The van der Waals surface area contributed by atoms with Gasteiger partial charge in [0.15, 0.2) is 10.9 Å². The lowest BCUT2D eigenvalue weighted by Crippen LogP contribution is -2.19. The molecule has 0 saturated carbocycles. The van der Waals surface area contributed by atoms with Crippen molar-refractivity contribution in [1.29, 1.82) is 0 Å². The van der Waals surface area contributed by atoms with E-state index in [4.69, 9.17) is 39.5 Å². The van der Waals surface area contributed by atoms with E-state index in [1.165, 1.54) is 17.1 Å². The summed E-state index contributed by atoms with van der Waals surface area (Å²) < 4.78 is 6.71. The van der Waals surface area contributed by atoms with Gasteiger partial charge in [0, 0.05) is 0 Å². The van der Waals surface area contributed by atoms with Gasteiger partial charge in [0.1, 0.15) is 6.61 Å². The minimum absolute atomic E-state index is 0.263. The lowest BCUT2D eigenvalue weighted by Gasteiger charge is -2.12. The molecule has 0 atom stereocenters. The molecule has 4 nitrogen and oxygen atoms in total. The molecule has 4 aromatic carbocycles. The van der Waals surface area contributed by atoms with Gasteiger partial charge >= 0.3 is 0 Å². The third-order valence-corrected chi connectivity index (χ3v) is 7.91. The van der Waals surface area contributed by atoms with Crippen molar-refractivity contribution in [1.82, 2.24) is 5.32 Å². The second-order valence-corrected chi connectivity index (χ2v) is 10.9. The van der Waals surface area contributed by atoms with Crippen molar-refractivity contribution in [2.75, 3.05) is 0 Å². The summed E-state index contributed by atoms with van der Waals surface area (Å²) in [6.07, 6.45) is 1.74. The molecule has 4 aromatic rings. The molecular formula is C27H16BrCl3N2O2S. The molecule has 1 saturated heterocycles. The third-order valence-electron chi connectivity index (χ3n) is 5.32. The van der Waals surface area contributed by atoms with E-state index in [1.807, 2.05) is 24.3 Å². The fourth-order valence-corrected chi connectivity index (χ4v) is 5.77. The van der Waals surface area contributed by atoms with E-state index in [0.717, 1.165) is 16.5 Å². The van der Waals surface area contributed by atoms with Gasteiger partial charge in [-0.3, -0.25) is 4.79 Å². The highest BCUT2D eigenvalue weighted by Gasteiger charge is 2.24. The first-order chi connectivity index (χ1) is 17.4. The Morgan fingerprint density at radius 2 is 1.75 bits per heavy atom. The predicted molar refractivity (Wildman–Crippen MR) is 155 cm³/mol. The van der Waals surface area contributed by atoms with Gasteiger partial charge in [0.25, 0.3) is 5.91 Å². The maximum Gasteiger partial charge on any atom is 0.264 e. The Balaban J connectivity index is 1.32. The SMILES string of the molecule is O=C1NC(=Nc2cccc(Cl)c2Cl)S/C1=C\c1cc(Cl)c(OCc2ccc3ccccc3c2)c(Br)c1. The molecule has 1 aliphatic rings. The highest BCUT2D eigenvalue weighted by atomic mass is 79.9. The number of fused-ring (bicyclic) bond motifs is 1. The Hall–Kier alpha value is -2.48. The normalized spacial score (nSPS) is 15.6. The van der Waals surface area contributed by atoms with Crippen LogP contribution in [-0.2, 0) is 11.4 Å². The van der Waals surface area contributed by atoms with Crippen molar-refractivity contribution < 1.29 is 9.53 Å². The van der Waals surface area contributed by atoms with Crippen LogP contribution in [0, 0.1) is 0 Å². The second-order valence-electron chi connectivity index (χ2n) is 7.84. The van der Waals surface area contributed by atoms with Crippen molar-refractivity contribution in [2.45, 2.75) is 6.61 Å². The Morgan fingerprint density at radius 1 is 0.944 bits per heavy atom. The molecule has 1 aliphatic heterocycles. The summed E-state index contributed by atoms with van der Waals surface area (Å²) in [5.74, 6) is 0.272. The second kappa shape index (κ2) is 10.9. The van der Waals surface area contributed by atoms with E-state index in [0.29, 0.717) is 47.7 Å². The standard InChI is InChI=1S/C27H16BrCl3N2O2S/c28-19-11-16(13-23-26(34)33-27(36-23)32-22-7-3-6-20(29)24(22)31)12-21(30)25(19)35-14-15-8-9-17-4-1-2-5-18(17)10-15/h1-13H,14H2,(H,32,33,34)/b23-13-. The molecule has 0 unspecified atom stereocenters. The number of hydrogen-bond donors (Lipinski definition) is 1. The maximum absolute atomic E-state index is 12.5. The molecule has 0 aromatic heterocycles. The van der Waals surface area contributed by atoms with Gasteiger partial charge < -0.3 is 10.1 Å². The summed E-state index contributed by atoms with van der Waals surface area (Å²) >= 11 is 23.6. The summed E-state index contributed by atoms with van der Waals surface area (Å²) in [4.78, 5) is 17.4. The Kier molecular flexibility index (Phi) is 7.60. The highest BCUT2D eigenvalue weighted by Crippen LogP contribution is 2.38. The van der Waals surface area contributed by atoms with E-state index < -0.39 is 0 Å². The van der Waals surface area contributed by atoms with Crippen LogP contribution in [0.25, 0.3) is 16.8 Å². The minimum Gasteiger partial charge on any atom is -0.486 e. The van der Waals surface area contributed by atoms with Crippen LogP contribution in [0.2, 0.25) is 15.1 Å². The van der Waals surface area contributed by atoms with Crippen LogP contribution >= 0.6 is 62.5 Å². The molecule has 1 amide bonds. The van der Waals surface area contributed by atoms with Gasteiger partial charge in [-0.15, -0.1) is 0 Å². The molecule has 0 aliphatic carbocycles. The third kappa shape index (κ3) is 5.58. The molecule has 1 fully saturated rings. The van der Waals surface area contributed by atoms with Crippen LogP contribution in [0.4, 0.5) is 5.69 Å². The van der Waals surface area contributed by atoms with Crippen molar-refractivity contribution in [3.63, 3.8) is 0 Å². The molecule has 0 bridgehead atoms. The van der Waals surface area contributed by atoms with Gasteiger partial charge in [-0.25, -0.2) is 4.99 Å². The summed E-state index contributed by atoms with van der Waals surface area (Å²) in [5, 5.41) is 6.64. The Labute approximate surface area is 235 Å². The zero-order chi connectivity index (χ0) is 25.2. The van der Waals surface area contributed by atoms with Gasteiger partial charge in [0.05, 0.1) is 30.1 Å². The average molecular weight is 619 g/mol. The number of halogens is 4. The van der Waals surface area contributed by atoms with Crippen molar-refractivity contribution in [3.05, 3.63) is 108 Å². The zero-order valence-corrected chi connectivity index (χ0v) is 23.1. The molecule has 36 heavy (non-hydrogen) atoms. The van der Waals surface area contributed by atoms with E-state index in [-0.39, 0.29) is 5.91 Å². The Morgan fingerprint density at radius 3 is 2.56 bits per heavy atom. The number of carbonyl (C=O) groups is 1. The van der Waals surface area contributed by atoms with Gasteiger partial charge in [-0.2, -0.15) is 0 Å². The number of ether oxygens (including phenoxy) is 1. The van der Waals surface area contributed by atoms with Crippen LogP contribution in [0.5, 0.6) is 5.75 Å². The molecular weight excluding hydrogens is 603 g/mol. The van der Waals surface area contributed by atoms with Crippen LogP contribution in [0.15, 0.2) is 87.2 Å². The Bertz CT molecular complexity index is 1550. The van der Waals surface area contributed by atoms with Gasteiger partial charge in [-0.05, 0) is 86.0 Å². The number of aliphatic imine (C=N–C) groups is 1. The fourth-order valence-electron chi connectivity index (χ4n) is 3.60. The molecule has 180 valence electrons. The predicted octanol–water partition coefficient (Wildman–Crippen LogP) is 9.03. The zero-order valence-electron chi connectivity index (χ0n) is 18.4. The first-order valence-corrected chi connectivity index (χ1v) is 13.4. The number of amides is 1. The molecule has 0 radical (unpaired) electrons. The molecule has 0 spiro atoms. The summed E-state index contributed by atoms with van der Waals surface area (Å²) in [5.41, 5.74) is 2.25. The van der Waals surface area contributed by atoms with Crippen molar-refractivity contribution >= 4 is 96.1 Å². The summed E-state index contributed by atoms with van der Waals surface area (Å²) in [6.45, 7) is 0.369. The smallest absolute Gasteiger partial charge is 0.264 e. The number of carbonyl (C=O) groups excluding carboxylic acids is 1. The van der Waals surface area contributed by atoms with E-state index in [1.54, 1.807) is 30.3 Å². The lowest BCUT2D eigenvalue weighted by molar-refractivity contribution is -0.115. The number of nitrogens with zero attached hydrogens (tertiary/aromatic N) is 1. The number of nitrogens with one attached hydrogen (secondary N) is 1. The molecule has 5 rings (SSSR count). The van der Waals surface area contributed by atoms with E-state index >= 15 is 0 Å². The number of benzene rings is 4. The summed E-state index contributed by atoms with van der Waals surface area (Å²) in [7, 11) is 0. The van der Waals surface area contributed by atoms with Crippen molar-refractivity contribution in [3.8, 4) is 5.75 Å². The van der Waals surface area contributed by atoms with Crippen LogP contribution in [0.1, 0.15) is 11.1 Å². The van der Waals surface area contributed by atoms with Crippen LogP contribution in [0.3, 0.4) is 0 Å². The van der Waals surface area contributed by atoms with E-state index in [9.17, 15) is 4.79 Å². The minimum atomic E-state index is -0.263. The topological polar surface area (TPSA) is 50.7 Å². The van der Waals surface area contributed by atoms with Crippen LogP contribution in [-0.4, -0.2) is 11.1 Å². The number of rotatable bonds is 5. The monoisotopic (exact) mass is 616 g/mol.